The second kappa shape index (κ2) is 8.15. The van der Waals surface area contributed by atoms with Crippen LogP contribution in [-0.4, -0.2) is 30.5 Å². The second-order valence-corrected chi connectivity index (χ2v) is 5.42. The first-order valence-electron chi connectivity index (χ1n) is 7.16. The molecule has 0 radical (unpaired) electrons. The molecule has 4 heteroatoms. The standard InChI is InChI=1S/C16H24ClNO2/c1-5-7-18(8-6-2)15(19)11-20-14-9-12(3)16(17)13(4)10-14/h9-10H,5-8,11H2,1-4H3. The van der Waals surface area contributed by atoms with Crippen LogP contribution in [0.15, 0.2) is 12.1 Å². The summed E-state index contributed by atoms with van der Waals surface area (Å²) in [5.41, 5.74) is 1.93. The summed E-state index contributed by atoms with van der Waals surface area (Å²) in [7, 11) is 0. The first kappa shape index (κ1) is 16.8. The van der Waals surface area contributed by atoms with Gasteiger partial charge in [0.2, 0.25) is 0 Å². The Labute approximate surface area is 126 Å². The maximum absolute atomic E-state index is 12.1. The lowest BCUT2D eigenvalue weighted by Gasteiger charge is -2.21. The van der Waals surface area contributed by atoms with Gasteiger partial charge in [0.25, 0.3) is 5.91 Å². The maximum atomic E-state index is 12.1. The van der Waals surface area contributed by atoms with Gasteiger partial charge in [-0.1, -0.05) is 25.4 Å². The number of hydrogen-bond acceptors (Lipinski definition) is 2. The van der Waals surface area contributed by atoms with Gasteiger partial charge in [-0.25, -0.2) is 0 Å². The number of aryl methyl sites for hydroxylation is 2. The average Bonchev–Trinajstić information content (AvgIpc) is 2.41. The molecule has 1 rings (SSSR count). The quantitative estimate of drug-likeness (QED) is 0.762. The SMILES string of the molecule is CCCN(CCC)C(=O)COc1cc(C)c(Cl)c(C)c1. The molecule has 0 N–H and O–H groups in total. The molecule has 0 saturated heterocycles. The summed E-state index contributed by atoms with van der Waals surface area (Å²) in [5, 5.41) is 0.752. The van der Waals surface area contributed by atoms with E-state index < -0.39 is 0 Å². The number of benzene rings is 1. The third-order valence-corrected chi connectivity index (χ3v) is 3.71. The molecule has 1 aromatic carbocycles. The number of ether oxygens (including phenoxy) is 1. The summed E-state index contributed by atoms with van der Waals surface area (Å²) in [6.45, 7) is 9.67. The summed E-state index contributed by atoms with van der Waals surface area (Å²) in [4.78, 5) is 14.0. The molecule has 0 spiro atoms. The third-order valence-electron chi connectivity index (χ3n) is 3.11. The van der Waals surface area contributed by atoms with E-state index in [0.29, 0.717) is 5.75 Å². The lowest BCUT2D eigenvalue weighted by atomic mass is 10.1. The van der Waals surface area contributed by atoms with E-state index in [1.807, 2.05) is 30.9 Å². The number of amides is 1. The fraction of sp³-hybridized carbons (Fsp3) is 0.562. The highest BCUT2D eigenvalue weighted by atomic mass is 35.5. The Balaban J connectivity index is 2.64. The van der Waals surface area contributed by atoms with E-state index >= 15 is 0 Å². The molecule has 20 heavy (non-hydrogen) atoms. The molecule has 1 aromatic rings. The summed E-state index contributed by atoms with van der Waals surface area (Å²) in [6.07, 6.45) is 1.93. The van der Waals surface area contributed by atoms with E-state index in [4.69, 9.17) is 16.3 Å². The molecule has 0 aliphatic carbocycles. The first-order valence-corrected chi connectivity index (χ1v) is 7.54. The van der Waals surface area contributed by atoms with Gasteiger partial charge < -0.3 is 9.64 Å². The fourth-order valence-corrected chi connectivity index (χ4v) is 2.24. The Bertz CT molecular complexity index is 431. The van der Waals surface area contributed by atoms with Crippen molar-refractivity contribution in [3.8, 4) is 5.75 Å². The van der Waals surface area contributed by atoms with Gasteiger partial charge in [-0.3, -0.25) is 4.79 Å². The Kier molecular flexibility index (Phi) is 6.86. The summed E-state index contributed by atoms with van der Waals surface area (Å²) in [5.74, 6) is 0.740. The van der Waals surface area contributed by atoms with Crippen molar-refractivity contribution in [1.29, 1.82) is 0 Å². The Morgan fingerprint density at radius 3 is 2.10 bits per heavy atom. The van der Waals surface area contributed by atoms with Crippen LogP contribution in [0.3, 0.4) is 0 Å². The third kappa shape index (κ3) is 4.71. The number of hydrogen-bond donors (Lipinski definition) is 0. The lowest BCUT2D eigenvalue weighted by Crippen LogP contribution is -2.36. The molecule has 0 bridgehead atoms. The largest absolute Gasteiger partial charge is 0.484 e. The minimum Gasteiger partial charge on any atom is -0.484 e. The van der Waals surface area contributed by atoms with Gasteiger partial charge in [0.15, 0.2) is 6.61 Å². The van der Waals surface area contributed by atoms with E-state index in [0.717, 1.165) is 42.1 Å². The van der Waals surface area contributed by atoms with Crippen LogP contribution in [0, 0.1) is 13.8 Å². The van der Waals surface area contributed by atoms with Gasteiger partial charge in [-0.2, -0.15) is 0 Å². The van der Waals surface area contributed by atoms with Crippen molar-refractivity contribution in [2.45, 2.75) is 40.5 Å². The molecular weight excluding hydrogens is 274 g/mol. The lowest BCUT2D eigenvalue weighted by molar-refractivity contribution is -0.133. The predicted molar refractivity (Wildman–Crippen MR) is 83.6 cm³/mol. The molecular formula is C16H24ClNO2. The van der Waals surface area contributed by atoms with Crippen molar-refractivity contribution >= 4 is 17.5 Å². The van der Waals surface area contributed by atoms with E-state index in [-0.39, 0.29) is 12.5 Å². The topological polar surface area (TPSA) is 29.5 Å². The van der Waals surface area contributed by atoms with Gasteiger partial charge in [0.1, 0.15) is 5.75 Å². The van der Waals surface area contributed by atoms with Crippen LogP contribution in [0.4, 0.5) is 0 Å². The minimum absolute atomic E-state index is 0.0407. The molecule has 0 atom stereocenters. The number of carbonyl (C=O) groups excluding carboxylic acids is 1. The molecule has 3 nitrogen and oxygen atoms in total. The monoisotopic (exact) mass is 297 g/mol. The zero-order valence-corrected chi connectivity index (χ0v) is 13.6. The van der Waals surface area contributed by atoms with Crippen LogP contribution in [0.1, 0.15) is 37.8 Å². The van der Waals surface area contributed by atoms with Crippen LogP contribution < -0.4 is 4.74 Å². The average molecular weight is 298 g/mol. The zero-order chi connectivity index (χ0) is 15.1. The van der Waals surface area contributed by atoms with Crippen molar-refractivity contribution in [2.75, 3.05) is 19.7 Å². The maximum Gasteiger partial charge on any atom is 0.260 e. The molecule has 1 amide bonds. The van der Waals surface area contributed by atoms with Gasteiger partial charge >= 0.3 is 0 Å². The van der Waals surface area contributed by atoms with E-state index in [9.17, 15) is 4.79 Å². The Morgan fingerprint density at radius 1 is 1.15 bits per heavy atom. The molecule has 112 valence electrons. The smallest absolute Gasteiger partial charge is 0.260 e. The van der Waals surface area contributed by atoms with Gasteiger partial charge in [0.05, 0.1) is 0 Å². The molecule has 0 heterocycles. The van der Waals surface area contributed by atoms with Gasteiger partial charge in [-0.05, 0) is 49.9 Å². The van der Waals surface area contributed by atoms with E-state index in [2.05, 4.69) is 13.8 Å². The van der Waals surface area contributed by atoms with Crippen LogP contribution >= 0.6 is 11.6 Å². The van der Waals surface area contributed by atoms with E-state index in [1.54, 1.807) is 0 Å². The number of halogens is 1. The molecule has 0 saturated carbocycles. The van der Waals surface area contributed by atoms with Crippen molar-refractivity contribution in [2.24, 2.45) is 0 Å². The number of carbonyl (C=O) groups is 1. The van der Waals surface area contributed by atoms with Crippen LogP contribution in [0.5, 0.6) is 5.75 Å². The Hall–Kier alpha value is -1.22. The highest BCUT2D eigenvalue weighted by Crippen LogP contribution is 2.25. The van der Waals surface area contributed by atoms with Crippen LogP contribution in [0.2, 0.25) is 5.02 Å². The fourth-order valence-electron chi connectivity index (χ4n) is 2.13. The van der Waals surface area contributed by atoms with Crippen molar-refractivity contribution in [1.82, 2.24) is 4.90 Å². The second-order valence-electron chi connectivity index (χ2n) is 5.04. The van der Waals surface area contributed by atoms with Crippen molar-refractivity contribution < 1.29 is 9.53 Å². The van der Waals surface area contributed by atoms with Gasteiger partial charge in [-0.15, -0.1) is 0 Å². The number of nitrogens with zero attached hydrogens (tertiary/aromatic N) is 1. The van der Waals surface area contributed by atoms with E-state index in [1.165, 1.54) is 0 Å². The van der Waals surface area contributed by atoms with Crippen LogP contribution in [0.25, 0.3) is 0 Å². The molecule has 0 aliphatic heterocycles. The highest BCUT2D eigenvalue weighted by molar-refractivity contribution is 6.32. The minimum atomic E-state index is 0.0407. The van der Waals surface area contributed by atoms with Gasteiger partial charge in [0, 0.05) is 18.1 Å². The molecule has 0 unspecified atom stereocenters. The van der Waals surface area contributed by atoms with Crippen molar-refractivity contribution in [3.05, 3.63) is 28.3 Å². The molecule has 0 aliphatic rings. The highest BCUT2D eigenvalue weighted by Gasteiger charge is 2.13. The summed E-state index contributed by atoms with van der Waals surface area (Å²) >= 11 is 6.11. The Morgan fingerprint density at radius 2 is 1.65 bits per heavy atom. The summed E-state index contributed by atoms with van der Waals surface area (Å²) in [6, 6.07) is 3.74. The predicted octanol–water partition coefficient (Wildman–Crippen LogP) is 3.98. The zero-order valence-electron chi connectivity index (χ0n) is 12.8. The van der Waals surface area contributed by atoms with Crippen LogP contribution in [-0.2, 0) is 4.79 Å². The normalized spacial score (nSPS) is 10.4. The van der Waals surface area contributed by atoms with Crippen molar-refractivity contribution in [3.63, 3.8) is 0 Å². The molecule has 0 fully saturated rings. The first-order chi connectivity index (χ1) is 9.49. The summed E-state index contributed by atoms with van der Waals surface area (Å²) < 4.78 is 5.61. The molecule has 0 aromatic heterocycles. The number of rotatable bonds is 7.